The largest absolute Gasteiger partial charge is 0.207 e. The summed E-state index contributed by atoms with van der Waals surface area (Å²) in [5, 5.41) is 8.62. The van der Waals surface area contributed by atoms with Gasteiger partial charge in [-0.3, -0.25) is 0 Å². The molecule has 0 amide bonds. The first-order valence-electron chi connectivity index (χ1n) is 3.65. The lowest BCUT2D eigenvalue weighted by atomic mass is 11.7. The Balaban J connectivity index is 3.67. The van der Waals surface area contributed by atoms with Gasteiger partial charge >= 0.3 is 0 Å². The smallest absolute Gasteiger partial charge is 0.152 e. The Labute approximate surface area is 63.7 Å². The van der Waals surface area contributed by atoms with Crippen molar-refractivity contribution in [1.29, 1.82) is 5.26 Å². The number of rotatable bonds is 3. The van der Waals surface area contributed by atoms with E-state index < -0.39 is 8.80 Å². The molecule has 1 unspecified atom stereocenters. The first-order chi connectivity index (χ1) is 4.26. The normalized spacial score (nSPS) is 18.9. The molecule has 0 fully saturated rings. The SMILES string of the molecule is C[SiH2]C([SiH2]C)[SiH](C)C#N. The molecule has 0 rings (SSSR count). The van der Waals surface area contributed by atoms with Gasteiger partial charge in [-0.05, 0) is 0 Å². The molecule has 1 atom stereocenters. The molecule has 0 radical (unpaired) electrons. The zero-order valence-corrected chi connectivity index (χ0v) is 10.5. The van der Waals surface area contributed by atoms with Crippen LogP contribution in [0.3, 0.4) is 0 Å². The second-order valence-electron chi connectivity index (χ2n) is 2.49. The summed E-state index contributed by atoms with van der Waals surface area (Å²) in [5.41, 5.74) is 2.48. The van der Waals surface area contributed by atoms with E-state index in [1.165, 1.54) is 0 Å². The summed E-state index contributed by atoms with van der Waals surface area (Å²) in [6, 6.07) is 0. The van der Waals surface area contributed by atoms with Crippen molar-refractivity contribution in [3.63, 3.8) is 0 Å². The molecule has 0 aromatic heterocycles. The minimum Gasteiger partial charge on any atom is -0.207 e. The predicted octanol–water partition coefficient (Wildman–Crippen LogP) is -0.375. The number of hydrogen-bond donors (Lipinski definition) is 0. The molecule has 0 N–H and O–H groups in total. The molecule has 0 aliphatic rings. The van der Waals surface area contributed by atoms with Crippen LogP contribution in [0.5, 0.6) is 0 Å². The van der Waals surface area contributed by atoms with Crippen LogP contribution in [0.2, 0.25) is 24.4 Å². The fourth-order valence-electron chi connectivity index (χ4n) is 1.10. The van der Waals surface area contributed by atoms with Crippen molar-refractivity contribution in [2.45, 2.75) is 24.4 Å². The van der Waals surface area contributed by atoms with Gasteiger partial charge < -0.3 is 0 Å². The molecule has 0 aromatic rings. The molecule has 0 heterocycles. The van der Waals surface area contributed by atoms with E-state index in [-0.39, 0.29) is 19.0 Å². The van der Waals surface area contributed by atoms with Crippen LogP contribution in [-0.2, 0) is 0 Å². The van der Waals surface area contributed by atoms with Crippen LogP contribution in [0.1, 0.15) is 0 Å². The molecule has 0 spiro atoms. The summed E-state index contributed by atoms with van der Waals surface area (Å²) in [4.78, 5) is 1.02. The summed E-state index contributed by atoms with van der Waals surface area (Å²) in [7, 11) is -0.526. The summed E-state index contributed by atoms with van der Waals surface area (Å²) in [6.07, 6.45) is 0. The van der Waals surface area contributed by atoms with Crippen molar-refractivity contribution in [3.8, 4) is 5.69 Å². The predicted molar refractivity (Wildman–Crippen MR) is 51.2 cm³/mol. The lowest BCUT2D eigenvalue weighted by Crippen LogP contribution is -2.22. The maximum atomic E-state index is 8.62. The van der Waals surface area contributed by atoms with Gasteiger partial charge in [0.1, 0.15) is 0 Å². The Morgan fingerprint density at radius 1 is 1.44 bits per heavy atom. The molecule has 52 valence electrons. The van der Waals surface area contributed by atoms with E-state index >= 15 is 0 Å². The van der Waals surface area contributed by atoms with Crippen LogP contribution in [-0.4, -0.2) is 27.8 Å². The van der Waals surface area contributed by atoms with E-state index in [4.69, 9.17) is 5.26 Å². The van der Waals surface area contributed by atoms with Gasteiger partial charge in [0.05, 0.1) is 0 Å². The molecule has 9 heavy (non-hydrogen) atoms. The zero-order chi connectivity index (χ0) is 7.28. The van der Waals surface area contributed by atoms with Crippen LogP contribution in [0, 0.1) is 11.0 Å². The fraction of sp³-hybridized carbons (Fsp3) is 0.800. The van der Waals surface area contributed by atoms with Crippen molar-refractivity contribution in [2.75, 3.05) is 0 Å². The van der Waals surface area contributed by atoms with E-state index in [1.54, 1.807) is 0 Å². The molecule has 0 bridgehead atoms. The maximum absolute atomic E-state index is 8.62. The monoisotopic (exact) mass is 173 g/mol. The molecular weight excluding hydrogens is 158 g/mol. The molecule has 0 saturated heterocycles. The van der Waals surface area contributed by atoms with Crippen LogP contribution < -0.4 is 0 Å². The lowest BCUT2D eigenvalue weighted by molar-refractivity contribution is 1.53. The quantitative estimate of drug-likeness (QED) is 0.534. The third kappa shape index (κ3) is 2.99. The Morgan fingerprint density at radius 2 is 1.89 bits per heavy atom. The number of nitrogens with zero attached hydrogens (tertiary/aromatic N) is 1. The summed E-state index contributed by atoms with van der Waals surface area (Å²) < 4.78 is 0. The standard InChI is InChI=1S/C5H15NSi3/c1-7-5(8-2)9(3)4-6/h5,9H,7-8H2,1-3H3. The fourth-order valence-corrected chi connectivity index (χ4v) is 9.91. The molecule has 0 aromatic carbocycles. The van der Waals surface area contributed by atoms with E-state index in [0.717, 1.165) is 4.79 Å². The lowest BCUT2D eigenvalue weighted by Gasteiger charge is -2.10. The Morgan fingerprint density at radius 3 is 2.00 bits per heavy atom. The molecule has 4 heteroatoms. The molecule has 1 nitrogen and oxygen atoms in total. The van der Waals surface area contributed by atoms with Crippen LogP contribution in [0.15, 0.2) is 0 Å². The van der Waals surface area contributed by atoms with Gasteiger partial charge in [0.25, 0.3) is 0 Å². The summed E-state index contributed by atoms with van der Waals surface area (Å²) >= 11 is 0. The average molecular weight is 173 g/mol. The Hall–Kier alpha value is 0.141. The highest BCUT2D eigenvalue weighted by Crippen LogP contribution is 2.04. The van der Waals surface area contributed by atoms with Gasteiger partial charge in [0.2, 0.25) is 0 Å². The van der Waals surface area contributed by atoms with Gasteiger partial charge in [0, 0.05) is 24.7 Å². The van der Waals surface area contributed by atoms with Crippen LogP contribution in [0.4, 0.5) is 0 Å². The van der Waals surface area contributed by atoms with Gasteiger partial charge in [-0.15, -0.1) is 0 Å². The van der Waals surface area contributed by atoms with Gasteiger partial charge in [0.15, 0.2) is 8.80 Å². The topological polar surface area (TPSA) is 23.8 Å². The van der Waals surface area contributed by atoms with Gasteiger partial charge in [-0.2, -0.15) is 0 Å². The second kappa shape index (κ2) is 4.97. The first-order valence-corrected chi connectivity index (χ1v) is 10.5. The highest BCUT2D eigenvalue weighted by molar-refractivity contribution is 6.87. The number of hydrogen-bond acceptors (Lipinski definition) is 1. The van der Waals surface area contributed by atoms with E-state index in [9.17, 15) is 0 Å². The molecule has 0 aliphatic carbocycles. The van der Waals surface area contributed by atoms with Crippen molar-refractivity contribution >= 4 is 27.8 Å². The third-order valence-electron chi connectivity index (χ3n) is 1.96. The molecular formula is C5H15NSi3. The summed E-state index contributed by atoms with van der Waals surface area (Å²) in [5.74, 6) is 0. The third-order valence-corrected chi connectivity index (χ3v) is 16.4. The van der Waals surface area contributed by atoms with Crippen molar-refractivity contribution in [2.24, 2.45) is 0 Å². The first kappa shape index (κ1) is 9.14. The zero-order valence-electron chi connectivity index (χ0n) is 6.52. The maximum Gasteiger partial charge on any atom is 0.152 e. The van der Waals surface area contributed by atoms with Crippen LogP contribution in [0.25, 0.3) is 0 Å². The van der Waals surface area contributed by atoms with Crippen molar-refractivity contribution in [3.05, 3.63) is 0 Å². The second-order valence-corrected chi connectivity index (χ2v) is 12.0. The number of nitriles is 1. The van der Waals surface area contributed by atoms with Crippen LogP contribution >= 0.6 is 0 Å². The van der Waals surface area contributed by atoms with Gasteiger partial charge in [-0.1, -0.05) is 24.4 Å². The molecule has 0 saturated carbocycles. The summed E-state index contributed by atoms with van der Waals surface area (Å²) in [6.45, 7) is 6.90. The Bertz CT molecular complexity index is 105. The van der Waals surface area contributed by atoms with Gasteiger partial charge in [-0.25, -0.2) is 5.26 Å². The van der Waals surface area contributed by atoms with E-state index in [0.29, 0.717) is 0 Å². The van der Waals surface area contributed by atoms with E-state index in [1.807, 2.05) is 0 Å². The minimum atomic E-state index is -0.867. The van der Waals surface area contributed by atoms with E-state index in [2.05, 4.69) is 25.3 Å². The van der Waals surface area contributed by atoms with Crippen molar-refractivity contribution < 1.29 is 0 Å². The minimum absolute atomic E-state index is 0.170. The Kier molecular flexibility index (Phi) is 5.05. The highest BCUT2D eigenvalue weighted by atomic mass is 28.4. The highest BCUT2D eigenvalue weighted by Gasteiger charge is 2.14. The van der Waals surface area contributed by atoms with Crippen molar-refractivity contribution in [1.82, 2.24) is 0 Å². The molecule has 0 aliphatic heterocycles. The average Bonchev–Trinajstić information content (AvgIpc) is 1.90.